The van der Waals surface area contributed by atoms with Crippen molar-refractivity contribution in [1.82, 2.24) is 19.8 Å². The Bertz CT molecular complexity index is 997. The fourth-order valence-corrected chi connectivity index (χ4v) is 3.42. The molecule has 9 nitrogen and oxygen atoms in total. The molecule has 0 unspecified atom stereocenters. The van der Waals surface area contributed by atoms with Gasteiger partial charge in [-0.05, 0) is 45.0 Å². The minimum absolute atomic E-state index is 0.00873. The van der Waals surface area contributed by atoms with Crippen molar-refractivity contribution in [2.45, 2.75) is 45.8 Å². The van der Waals surface area contributed by atoms with Crippen LogP contribution in [0.5, 0.6) is 0 Å². The Morgan fingerprint density at radius 2 is 1.90 bits per heavy atom. The maximum absolute atomic E-state index is 13.4. The SMILES string of the molecule is CNC(=O)c1ccc(-n2c(NC(C)C)nc3c(c2=O)C[C@@H](C)N(C(=O)O)C3)cc1. The van der Waals surface area contributed by atoms with Gasteiger partial charge in [-0.2, -0.15) is 0 Å². The molecule has 0 radical (unpaired) electrons. The van der Waals surface area contributed by atoms with Crippen LogP contribution in [0.3, 0.4) is 0 Å². The van der Waals surface area contributed by atoms with Gasteiger partial charge in [-0.25, -0.2) is 14.3 Å². The van der Waals surface area contributed by atoms with E-state index in [-0.39, 0.29) is 30.1 Å². The van der Waals surface area contributed by atoms with E-state index >= 15 is 0 Å². The summed E-state index contributed by atoms with van der Waals surface area (Å²) >= 11 is 0. The molecule has 1 atom stereocenters. The largest absolute Gasteiger partial charge is 0.465 e. The Balaban J connectivity index is 2.14. The van der Waals surface area contributed by atoms with Crippen LogP contribution in [-0.2, 0) is 13.0 Å². The molecule has 1 aliphatic rings. The van der Waals surface area contributed by atoms with Crippen LogP contribution in [0.15, 0.2) is 29.1 Å². The third-order valence-corrected chi connectivity index (χ3v) is 4.89. The molecule has 0 aliphatic carbocycles. The first-order chi connectivity index (χ1) is 13.7. The minimum Gasteiger partial charge on any atom is -0.465 e. The lowest BCUT2D eigenvalue weighted by Gasteiger charge is -2.32. The van der Waals surface area contributed by atoms with Crippen LogP contribution in [0.4, 0.5) is 10.7 Å². The molecule has 0 saturated heterocycles. The van der Waals surface area contributed by atoms with E-state index in [9.17, 15) is 19.5 Å². The zero-order valence-corrected chi connectivity index (χ0v) is 16.9. The maximum atomic E-state index is 13.4. The molecular formula is C20H25N5O4. The second-order valence-corrected chi connectivity index (χ2v) is 7.39. The predicted octanol–water partition coefficient (Wildman–Crippen LogP) is 1.84. The third kappa shape index (κ3) is 3.94. The van der Waals surface area contributed by atoms with Gasteiger partial charge in [0.15, 0.2) is 0 Å². The van der Waals surface area contributed by atoms with Crippen molar-refractivity contribution in [3.63, 3.8) is 0 Å². The van der Waals surface area contributed by atoms with E-state index in [4.69, 9.17) is 0 Å². The van der Waals surface area contributed by atoms with E-state index in [0.29, 0.717) is 34.9 Å². The Hall–Kier alpha value is -3.36. The van der Waals surface area contributed by atoms with Crippen molar-refractivity contribution >= 4 is 17.9 Å². The number of carbonyl (C=O) groups is 2. The summed E-state index contributed by atoms with van der Waals surface area (Å²) < 4.78 is 1.48. The number of aromatic nitrogens is 2. The molecular weight excluding hydrogens is 374 g/mol. The Morgan fingerprint density at radius 1 is 1.24 bits per heavy atom. The van der Waals surface area contributed by atoms with Crippen LogP contribution in [-0.4, -0.2) is 50.7 Å². The smallest absolute Gasteiger partial charge is 0.407 e. The number of benzene rings is 1. The van der Waals surface area contributed by atoms with Crippen molar-refractivity contribution in [3.8, 4) is 5.69 Å². The molecule has 154 valence electrons. The number of hydrogen-bond acceptors (Lipinski definition) is 5. The molecule has 29 heavy (non-hydrogen) atoms. The topological polar surface area (TPSA) is 117 Å². The normalized spacial score (nSPS) is 15.8. The van der Waals surface area contributed by atoms with Crippen molar-refractivity contribution in [2.75, 3.05) is 12.4 Å². The number of rotatable bonds is 4. The molecule has 2 aromatic rings. The van der Waals surface area contributed by atoms with Gasteiger partial charge in [0.05, 0.1) is 17.9 Å². The van der Waals surface area contributed by atoms with Crippen LogP contribution in [0.2, 0.25) is 0 Å². The average Bonchev–Trinajstić information content (AvgIpc) is 2.67. The van der Waals surface area contributed by atoms with Crippen LogP contribution >= 0.6 is 0 Å². The van der Waals surface area contributed by atoms with Gasteiger partial charge < -0.3 is 15.7 Å². The van der Waals surface area contributed by atoms with Crippen LogP contribution in [0.1, 0.15) is 42.4 Å². The number of nitrogens with zero attached hydrogens (tertiary/aromatic N) is 3. The first-order valence-corrected chi connectivity index (χ1v) is 9.46. The lowest BCUT2D eigenvalue weighted by atomic mass is 10.00. The molecule has 2 amide bonds. The second kappa shape index (κ2) is 7.94. The quantitative estimate of drug-likeness (QED) is 0.722. The average molecular weight is 399 g/mol. The highest BCUT2D eigenvalue weighted by Gasteiger charge is 2.31. The van der Waals surface area contributed by atoms with Crippen LogP contribution in [0.25, 0.3) is 5.69 Å². The van der Waals surface area contributed by atoms with Gasteiger partial charge in [-0.15, -0.1) is 0 Å². The van der Waals surface area contributed by atoms with E-state index in [2.05, 4.69) is 15.6 Å². The molecule has 0 saturated carbocycles. The van der Waals surface area contributed by atoms with Crippen molar-refractivity contribution in [2.24, 2.45) is 0 Å². The highest BCUT2D eigenvalue weighted by molar-refractivity contribution is 5.94. The maximum Gasteiger partial charge on any atom is 0.407 e. The monoisotopic (exact) mass is 399 g/mol. The highest BCUT2D eigenvalue weighted by Crippen LogP contribution is 2.23. The molecule has 3 N–H and O–H groups in total. The van der Waals surface area contributed by atoms with Crippen molar-refractivity contribution in [3.05, 3.63) is 51.4 Å². The first kappa shape index (κ1) is 20.4. The highest BCUT2D eigenvalue weighted by atomic mass is 16.4. The molecule has 9 heteroatoms. The minimum atomic E-state index is -1.03. The van der Waals surface area contributed by atoms with E-state index in [0.717, 1.165) is 0 Å². The molecule has 1 aromatic carbocycles. The second-order valence-electron chi connectivity index (χ2n) is 7.39. The Labute approximate surface area is 168 Å². The van der Waals surface area contributed by atoms with Gasteiger partial charge in [0.2, 0.25) is 5.95 Å². The van der Waals surface area contributed by atoms with E-state index < -0.39 is 6.09 Å². The number of amides is 2. The lowest BCUT2D eigenvalue weighted by molar-refractivity contribution is 0.0962. The van der Waals surface area contributed by atoms with Gasteiger partial charge >= 0.3 is 6.09 Å². The molecule has 0 spiro atoms. The number of hydrogen-bond donors (Lipinski definition) is 3. The summed E-state index contributed by atoms with van der Waals surface area (Å²) in [6.07, 6.45) is -0.733. The fourth-order valence-electron chi connectivity index (χ4n) is 3.42. The van der Waals surface area contributed by atoms with Gasteiger partial charge in [0.1, 0.15) is 0 Å². The van der Waals surface area contributed by atoms with Gasteiger partial charge in [0.25, 0.3) is 11.5 Å². The van der Waals surface area contributed by atoms with Crippen molar-refractivity contribution in [1.29, 1.82) is 0 Å². The predicted molar refractivity (Wildman–Crippen MR) is 109 cm³/mol. The number of nitrogens with one attached hydrogen (secondary N) is 2. The summed E-state index contributed by atoms with van der Waals surface area (Å²) in [4.78, 5) is 42.5. The molecule has 3 rings (SSSR count). The number of fused-ring (bicyclic) bond motifs is 1. The number of anilines is 1. The molecule has 0 bridgehead atoms. The zero-order chi connectivity index (χ0) is 21.3. The van der Waals surface area contributed by atoms with Crippen molar-refractivity contribution < 1.29 is 14.7 Å². The summed E-state index contributed by atoms with van der Waals surface area (Å²) in [7, 11) is 1.56. The van der Waals surface area contributed by atoms with Gasteiger partial charge in [-0.1, -0.05) is 0 Å². The first-order valence-electron chi connectivity index (χ1n) is 9.46. The Kier molecular flexibility index (Phi) is 5.58. The molecule has 1 aliphatic heterocycles. The van der Waals surface area contributed by atoms with Gasteiger partial charge in [0, 0.05) is 36.7 Å². The molecule has 0 fully saturated rings. The Morgan fingerprint density at radius 3 is 2.45 bits per heavy atom. The standard InChI is InChI=1S/C20H25N5O4/c1-11(2)22-19-23-16-10-24(20(28)29)12(3)9-15(16)18(27)25(19)14-7-5-13(6-8-14)17(26)21-4/h5-8,11-12H,9-10H2,1-4H3,(H,21,26)(H,22,23)(H,28,29)/t12-/m1/s1. The summed E-state index contributed by atoms with van der Waals surface area (Å²) in [6, 6.07) is 6.38. The zero-order valence-electron chi connectivity index (χ0n) is 16.9. The number of carboxylic acid groups (broad SMARTS) is 1. The van der Waals surface area contributed by atoms with Crippen LogP contribution in [0, 0.1) is 0 Å². The summed E-state index contributed by atoms with van der Waals surface area (Å²) in [5.74, 6) is 0.131. The number of carbonyl (C=O) groups excluding carboxylic acids is 1. The molecule has 1 aromatic heterocycles. The van der Waals surface area contributed by atoms with Crippen LogP contribution < -0.4 is 16.2 Å². The summed E-state index contributed by atoms with van der Waals surface area (Å²) in [5, 5.41) is 15.1. The van der Waals surface area contributed by atoms with E-state index in [1.165, 1.54) is 9.47 Å². The summed E-state index contributed by atoms with van der Waals surface area (Å²) in [6.45, 7) is 5.70. The van der Waals surface area contributed by atoms with Gasteiger partial charge in [-0.3, -0.25) is 14.5 Å². The summed E-state index contributed by atoms with van der Waals surface area (Å²) in [5.41, 5.74) is 1.81. The van der Waals surface area contributed by atoms with E-state index in [1.54, 1.807) is 38.2 Å². The van der Waals surface area contributed by atoms with E-state index in [1.807, 2.05) is 13.8 Å². The molecule has 2 heterocycles. The lowest BCUT2D eigenvalue weighted by Crippen LogP contribution is -2.45. The third-order valence-electron chi connectivity index (χ3n) is 4.89. The fraction of sp³-hybridized carbons (Fsp3) is 0.400.